The van der Waals surface area contributed by atoms with Gasteiger partial charge in [-0.25, -0.2) is 9.97 Å². The van der Waals surface area contributed by atoms with E-state index in [2.05, 4.69) is 33.5 Å². The van der Waals surface area contributed by atoms with Crippen LogP contribution in [0.15, 0.2) is 54.6 Å². The second-order valence-corrected chi connectivity index (χ2v) is 6.78. The van der Waals surface area contributed by atoms with Crippen molar-refractivity contribution in [3.05, 3.63) is 82.8 Å². The average molecular weight is 360 g/mol. The number of carbonyl (C=O) groups excluding carboxylic acids is 1. The zero-order chi connectivity index (χ0) is 19.4. The van der Waals surface area contributed by atoms with E-state index in [1.54, 1.807) is 24.9 Å². The van der Waals surface area contributed by atoms with Crippen LogP contribution in [0.25, 0.3) is 0 Å². The van der Waals surface area contributed by atoms with Crippen molar-refractivity contribution in [3.8, 4) is 0 Å². The van der Waals surface area contributed by atoms with Crippen molar-refractivity contribution in [1.29, 1.82) is 0 Å². The SMILES string of the molecule is Cc1ccc(C)c(Nc2cc(C(=O)N(C)Cc3ccccc3)nc(C)n2)c1. The Morgan fingerprint density at radius 1 is 1.00 bits per heavy atom. The van der Waals surface area contributed by atoms with Crippen molar-refractivity contribution in [1.82, 2.24) is 14.9 Å². The van der Waals surface area contributed by atoms with Gasteiger partial charge in [0.1, 0.15) is 17.3 Å². The molecule has 2 aromatic carbocycles. The molecular formula is C22H24N4O. The number of hydrogen-bond donors (Lipinski definition) is 1. The van der Waals surface area contributed by atoms with Gasteiger partial charge in [0.15, 0.2) is 0 Å². The van der Waals surface area contributed by atoms with Gasteiger partial charge >= 0.3 is 0 Å². The minimum atomic E-state index is -0.131. The number of aryl methyl sites for hydroxylation is 3. The summed E-state index contributed by atoms with van der Waals surface area (Å²) < 4.78 is 0. The van der Waals surface area contributed by atoms with Crippen LogP contribution in [0.5, 0.6) is 0 Å². The molecule has 1 N–H and O–H groups in total. The Morgan fingerprint density at radius 2 is 1.74 bits per heavy atom. The van der Waals surface area contributed by atoms with Crippen molar-refractivity contribution in [2.24, 2.45) is 0 Å². The highest BCUT2D eigenvalue weighted by Gasteiger charge is 2.16. The van der Waals surface area contributed by atoms with Gasteiger partial charge in [-0.3, -0.25) is 4.79 Å². The predicted octanol–water partition coefficient (Wildman–Crippen LogP) is 4.42. The molecule has 1 aromatic heterocycles. The highest BCUT2D eigenvalue weighted by molar-refractivity contribution is 5.93. The zero-order valence-electron chi connectivity index (χ0n) is 16.2. The highest BCUT2D eigenvalue weighted by Crippen LogP contribution is 2.21. The highest BCUT2D eigenvalue weighted by atomic mass is 16.2. The average Bonchev–Trinajstić information content (AvgIpc) is 2.64. The van der Waals surface area contributed by atoms with Gasteiger partial charge in [-0.05, 0) is 43.5 Å². The van der Waals surface area contributed by atoms with Gasteiger partial charge in [-0.1, -0.05) is 42.5 Å². The monoisotopic (exact) mass is 360 g/mol. The number of rotatable bonds is 5. The van der Waals surface area contributed by atoms with E-state index in [1.807, 2.05) is 44.2 Å². The molecule has 0 saturated heterocycles. The number of benzene rings is 2. The standard InChI is InChI=1S/C22H24N4O/c1-15-10-11-16(2)19(12-15)25-21-13-20(23-17(3)24-21)22(27)26(4)14-18-8-6-5-7-9-18/h5-13H,14H2,1-4H3,(H,23,24,25). The minimum absolute atomic E-state index is 0.131. The smallest absolute Gasteiger partial charge is 0.272 e. The van der Waals surface area contributed by atoms with E-state index >= 15 is 0 Å². The fraction of sp³-hybridized carbons (Fsp3) is 0.227. The van der Waals surface area contributed by atoms with E-state index in [0.717, 1.165) is 22.4 Å². The van der Waals surface area contributed by atoms with Gasteiger partial charge in [0, 0.05) is 25.3 Å². The first-order valence-electron chi connectivity index (χ1n) is 8.92. The molecule has 0 radical (unpaired) electrons. The van der Waals surface area contributed by atoms with Crippen molar-refractivity contribution in [3.63, 3.8) is 0 Å². The molecule has 1 heterocycles. The van der Waals surface area contributed by atoms with Crippen LogP contribution >= 0.6 is 0 Å². The number of amides is 1. The van der Waals surface area contributed by atoms with Gasteiger partial charge in [-0.15, -0.1) is 0 Å². The first kappa shape index (κ1) is 18.6. The van der Waals surface area contributed by atoms with Crippen LogP contribution in [0.3, 0.4) is 0 Å². The molecule has 0 saturated carbocycles. The fourth-order valence-corrected chi connectivity index (χ4v) is 2.87. The molecule has 5 nitrogen and oxygen atoms in total. The van der Waals surface area contributed by atoms with E-state index in [4.69, 9.17) is 0 Å². The Morgan fingerprint density at radius 3 is 2.48 bits per heavy atom. The van der Waals surface area contributed by atoms with Crippen molar-refractivity contribution < 1.29 is 4.79 Å². The summed E-state index contributed by atoms with van der Waals surface area (Å²) >= 11 is 0. The fourth-order valence-electron chi connectivity index (χ4n) is 2.87. The topological polar surface area (TPSA) is 58.1 Å². The summed E-state index contributed by atoms with van der Waals surface area (Å²) in [6, 6.07) is 17.8. The summed E-state index contributed by atoms with van der Waals surface area (Å²) in [5, 5.41) is 3.32. The maximum atomic E-state index is 12.8. The molecule has 27 heavy (non-hydrogen) atoms. The third-order valence-electron chi connectivity index (χ3n) is 4.32. The van der Waals surface area contributed by atoms with Crippen LogP contribution < -0.4 is 5.32 Å². The van der Waals surface area contributed by atoms with Gasteiger partial charge < -0.3 is 10.2 Å². The number of nitrogens with zero attached hydrogens (tertiary/aromatic N) is 3. The molecule has 138 valence electrons. The predicted molar refractivity (Wildman–Crippen MR) is 108 cm³/mol. The molecule has 3 aromatic rings. The maximum Gasteiger partial charge on any atom is 0.272 e. The summed E-state index contributed by atoms with van der Waals surface area (Å²) in [7, 11) is 1.78. The van der Waals surface area contributed by atoms with E-state index in [-0.39, 0.29) is 5.91 Å². The van der Waals surface area contributed by atoms with Gasteiger partial charge in [0.25, 0.3) is 5.91 Å². The molecule has 0 aliphatic carbocycles. The Bertz CT molecular complexity index is 954. The van der Waals surface area contributed by atoms with E-state index < -0.39 is 0 Å². The lowest BCUT2D eigenvalue weighted by Crippen LogP contribution is -2.27. The third-order valence-corrected chi connectivity index (χ3v) is 4.32. The lowest BCUT2D eigenvalue weighted by molar-refractivity contribution is 0.0779. The molecule has 0 aliphatic rings. The second kappa shape index (κ2) is 7.99. The Hall–Kier alpha value is -3.21. The molecule has 1 amide bonds. The van der Waals surface area contributed by atoms with Gasteiger partial charge in [0.2, 0.25) is 0 Å². The van der Waals surface area contributed by atoms with Crippen LogP contribution in [0, 0.1) is 20.8 Å². The minimum Gasteiger partial charge on any atom is -0.340 e. The molecule has 3 rings (SSSR count). The molecule has 0 bridgehead atoms. The Kier molecular flexibility index (Phi) is 5.50. The Labute approximate surface area is 160 Å². The van der Waals surface area contributed by atoms with Crippen LogP contribution in [-0.2, 0) is 6.54 Å². The number of aromatic nitrogens is 2. The van der Waals surface area contributed by atoms with Crippen LogP contribution in [0.2, 0.25) is 0 Å². The van der Waals surface area contributed by atoms with Gasteiger partial charge in [0.05, 0.1) is 0 Å². The second-order valence-electron chi connectivity index (χ2n) is 6.78. The quantitative estimate of drug-likeness (QED) is 0.732. The summed E-state index contributed by atoms with van der Waals surface area (Å²) in [4.78, 5) is 23.3. The van der Waals surface area contributed by atoms with Crippen molar-refractivity contribution in [2.45, 2.75) is 27.3 Å². The maximum absolute atomic E-state index is 12.8. The van der Waals surface area contributed by atoms with Crippen LogP contribution in [-0.4, -0.2) is 27.8 Å². The first-order valence-corrected chi connectivity index (χ1v) is 8.92. The molecule has 0 spiro atoms. The number of hydrogen-bond acceptors (Lipinski definition) is 4. The summed E-state index contributed by atoms with van der Waals surface area (Å²) in [5.41, 5.74) is 4.71. The van der Waals surface area contributed by atoms with Crippen molar-refractivity contribution in [2.75, 3.05) is 12.4 Å². The largest absolute Gasteiger partial charge is 0.340 e. The summed E-state index contributed by atoms with van der Waals surface area (Å²) in [5.74, 6) is 1.04. The lowest BCUT2D eigenvalue weighted by Gasteiger charge is -2.18. The van der Waals surface area contributed by atoms with E-state index in [9.17, 15) is 4.79 Å². The van der Waals surface area contributed by atoms with Crippen molar-refractivity contribution >= 4 is 17.4 Å². The summed E-state index contributed by atoms with van der Waals surface area (Å²) in [6.07, 6.45) is 0. The molecule has 5 heteroatoms. The van der Waals surface area contributed by atoms with E-state index in [0.29, 0.717) is 23.9 Å². The van der Waals surface area contributed by atoms with Gasteiger partial charge in [-0.2, -0.15) is 0 Å². The molecule has 0 unspecified atom stereocenters. The third kappa shape index (κ3) is 4.70. The molecular weight excluding hydrogens is 336 g/mol. The zero-order valence-corrected chi connectivity index (χ0v) is 16.2. The summed E-state index contributed by atoms with van der Waals surface area (Å²) in [6.45, 7) is 6.41. The number of anilines is 2. The first-order chi connectivity index (χ1) is 12.9. The molecule has 0 fully saturated rings. The Balaban J connectivity index is 1.82. The molecule has 0 aliphatic heterocycles. The number of carbonyl (C=O) groups is 1. The van der Waals surface area contributed by atoms with Crippen LogP contribution in [0.1, 0.15) is 33.0 Å². The van der Waals surface area contributed by atoms with E-state index in [1.165, 1.54) is 0 Å². The normalized spacial score (nSPS) is 10.5. The van der Waals surface area contributed by atoms with Crippen LogP contribution in [0.4, 0.5) is 11.5 Å². The lowest BCUT2D eigenvalue weighted by atomic mass is 10.1. The molecule has 0 atom stereocenters. The number of nitrogens with one attached hydrogen (secondary N) is 1.